The van der Waals surface area contributed by atoms with Crippen molar-refractivity contribution in [3.05, 3.63) is 52.8 Å². The van der Waals surface area contributed by atoms with Crippen molar-refractivity contribution in [2.45, 2.75) is 20.5 Å². The summed E-state index contributed by atoms with van der Waals surface area (Å²) < 4.78 is 10.7. The van der Waals surface area contributed by atoms with Crippen molar-refractivity contribution in [2.24, 2.45) is 0 Å². The number of methoxy groups -OCH3 is 1. The topological polar surface area (TPSA) is 68.7 Å². The third-order valence-electron chi connectivity index (χ3n) is 3.06. The maximum Gasteiger partial charge on any atom is 0.341 e. The Balaban J connectivity index is 2.20. The summed E-state index contributed by atoms with van der Waals surface area (Å²) in [5, 5.41) is 9.27. The van der Waals surface area contributed by atoms with Gasteiger partial charge >= 0.3 is 5.97 Å². The molecule has 2 rings (SSSR count). The standard InChI is InChI=1S/C16H17NO4/c1-10-8-14(15(16(18)19)11(2)17-10)21-9-12-4-6-13(20-3)7-5-12/h4-8H,9H2,1-3H3,(H,18,19). The van der Waals surface area contributed by atoms with Gasteiger partial charge in [-0.05, 0) is 31.5 Å². The molecule has 0 bridgehead atoms. The zero-order chi connectivity index (χ0) is 15.4. The van der Waals surface area contributed by atoms with E-state index >= 15 is 0 Å². The number of ether oxygens (including phenoxy) is 2. The highest BCUT2D eigenvalue weighted by atomic mass is 16.5. The number of pyridine rings is 1. The number of rotatable bonds is 5. The Kier molecular flexibility index (Phi) is 4.42. The molecule has 0 aliphatic heterocycles. The second-order valence-electron chi connectivity index (χ2n) is 4.66. The van der Waals surface area contributed by atoms with E-state index in [1.807, 2.05) is 24.3 Å². The van der Waals surface area contributed by atoms with Crippen LogP contribution in [0.25, 0.3) is 0 Å². The summed E-state index contributed by atoms with van der Waals surface area (Å²) in [5.41, 5.74) is 2.21. The van der Waals surface area contributed by atoms with Gasteiger partial charge < -0.3 is 14.6 Å². The molecule has 0 saturated carbocycles. The molecule has 1 aromatic heterocycles. The number of benzene rings is 1. The maximum atomic E-state index is 11.3. The van der Waals surface area contributed by atoms with E-state index in [1.165, 1.54) is 0 Å². The molecule has 5 nitrogen and oxygen atoms in total. The first kappa shape index (κ1) is 14.8. The van der Waals surface area contributed by atoms with Gasteiger partial charge in [0.25, 0.3) is 0 Å². The van der Waals surface area contributed by atoms with Crippen molar-refractivity contribution in [1.29, 1.82) is 0 Å². The third kappa shape index (κ3) is 3.51. The van der Waals surface area contributed by atoms with Crippen LogP contribution in [0, 0.1) is 13.8 Å². The monoisotopic (exact) mass is 287 g/mol. The number of carboxylic acids is 1. The molecular formula is C16H17NO4. The van der Waals surface area contributed by atoms with E-state index in [1.54, 1.807) is 27.0 Å². The van der Waals surface area contributed by atoms with E-state index in [0.717, 1.165) is 17.0 Å². The summed E-state index contributed by atoms with van der Waals surface area (Å²) in [4.78, 5) is 15.5. The summed E-state index contributed by atoms with van der Waals surface area (Å²) in [6.07, 6.45) is 0. The molecule has 0 spiro atoms. The quantitative estimate of drug-likeness (QED) is 0.915. The molecule has 0 aliphatic carbocycles. The molecule has 110 valence electrons. The van der Waals surface area contributed by atoms with Crippen LogP contribution in [0.15, 0.2) is 30.3 Å². The van der Waals surface area contributed by atoms with Gasteiger partial charge in [-0.25, -0.2) is 4.79 Å². The lowest BCUT2D eigenvalue weighted by Crippen LogP contribution is -2.08. The highest BCUT2D eigenvalue weighted by molar-refractivity contribution is 5.92. The fraction of sp³-hybridized carbons (Fsp3) is 0.250. The Morgan fingerprint density at radius 3 is 2.48 bits per heavy atom. The minimum Gasteiger partial charge on any atom is -0.497 e. The van der Waals surface area contributed by atoms with Gasteiger partial charge in [-0.1, -0.05) is 12.1 Å². The fourth-order valence-corrected chi connectivity index (χ4v) is 2.05. The van der Waals surface area contributed by atoms with Crippen LogP contribution in [-0.4, -0.2) is 23.2 Å². The average Bonchev–Trinajstić information content (AvgIpc) is 2.44. The van der Waals surface area contributed by atoms with Crippen molar-refractivity contribution in [2.75, 3.05) is 7.11 Å². The zero-order valence-electron chi connectivity index (χ0n) is 12.2. The lowest BCUT2D eigenvalue weighted by atomic mass is 10.1. The number of aryl methyl sites for hydroxylation is 2. The fourth-order valence-electron chi connectivity index (χ4n) is 2.05. The number of aromatic carboxylic acids is 1. The largest absolute Gasteiger partial charge is 0.497 e. The minimum absolute atomic E-state index is 0.106. The second-order valence-corrected chi connectivity index (χ2v) is 4.66. The van der Waals surface area contributed by atoms with E-state index in [0.29, 0.717) is 11.4 Å². The predicted molar refractivity (Wildman–Crippen MR) is 78.0 cm³/mol. The van der Waals surface area contributed by atoms with Gasteiger partial charge in [0.15, 0.2) is 0 Å². The van der Waals surface area contributed by atoms with Gasteiger partial charge in [0, 0.05) is 11.8 Å². The number of nitrogens with zero attached hydrogens (tertiary/aromatic N) is 1. The van der Waals surface area contributed by atoms with E-state index in [-0.39, 0.29) is 12.2 Å². The Hall–Kier alpha value is -2.56. The first-order valence-electron chi connectivity index (χ1n) is 6.48. The Labute approximate surface area is 123 Å². The van der Waals surface area contributed by atoms with Crippen LogP contribution in [0.5, 0.6) is 11.5 Å². The van der Waals surface area contributed by atoms with E-state index in [2.05, 4.69) is 4.98 Å². The van der Waals surface area contributed by atoms with Crippen molar-refractivity contribution in [3.8, 4) is 11.5 Å². The summed E-state index contributed by atoms with van der Waals surface area (Å²) in [6, 6.07) is 9.06. The molecule has 0 amide bonds. The minimum atomic E-state index is -1.04. The first-order valence-corrected chi connectivity index (χ1v) is 6.48. The molecule has 2 aromatic rings. The number of carbonyl (C=O) groups is 1. The molecule has 1 aromatic carbocycles. The van der Waals surface area contributed by atoms with Gasteiger partial charge in [0.2, 0.25) is 0 Å². The summed E-state index contributed by atoms with van der Waals surface area (Å²) >= 11 is 0. The molecule has 1 heterocycles. The van der Waals surface area contributed by atoms with Crippen LogP contribution in [-0.2, 0) is 6.61 Å². The van der Waals surface area contributed by atoms with Crippen molar-refractivity contribution in [1.82, 2.24) is 4.98 Å². The van der Waals surface area contributed by atoms with Crippen molar-refractivity contribution in [3.63, 3.8) is 0 Å². The number of carboxylic acid groups (broad SMARTS) is 1. The molecule has 1 N–H and O–H groups in total. The molecule has 21 heavy (non-hydrogen) atoms. The highest BCUT2D eigenvalue weighted by Gasteiger charge is 2.16. The average molecular weight is 287 g/mol. The van der Waals surface area contributed by atoms with Crippen LogP contribution in [0.4, 0.5) is 0 Å². The van der Waals surface area contributed by atoms with Gasteiger partial charge in [-0.15, -0.1) is 0 Å². The van der Waals surface area contributed by atoms with Crippen LogP contribution in [0.2, 0.25) is 0 Å². The maximum absolute atomic E-state index is 11.3. The molecule has 0 unspecified atom stereocenters. The molecule has 0 aliphatic rings. The van der Waals surface area contributed by atoms with Crippen LogP contribution in [0.3, 0.4) is 0 Å². The Morgan fingerprint density at radius 2 is 1.90 bits per heavy atom. The van der Waals surface area contributed by atoms with Crippen LogP contribution < -0.4 is 9.47 Å². The van der Waals surface area contributed by atoms with Gasteiger partial charge in [0.05, 0.1) is 12.8 Å². The second kappa shape index (κ2) is 6.26. The lowest BCUT2D eigenvalue weighted by Gasteiger charge is -2.12. The molecule has 0 radical (unpaired) electrons. The van der Waals surface area contributed by atoms with Gasteiger partial charge in [-0.2, -0.15) is 0 Å². The van der Waals surface area contributed by atoms with Crippen molar-refractivity contribution < 1.29 is 19.4 Å². The smallest absolute Gasteiger partial charge is 0.341 e. The highest BCUT2D eigenvalue weighted by Crippen LogP contribution is 2.23. The SMILES string of the molecule is COc1ccc(COc2cc(C)nc(C)c2C(=O)O)cc1. The third-order valence-corrected chi connectivity index (χ3v) is 3.06. The molecule has 5 heteroatoms. The first-order chi connectivity index (χ1) is 10.0. The molecular weight excluding hydrogens is 270 g/mol. The van der Waals surface area contributed by atoms with Crippen LogP contribution in [0.1, 0.15) is 27.3 Å². The number of aromatic nitrogens is 1. The zero-order valence-corrected chi connectivity index (χ0v) is 12.2. The Bertz CT molecular complexity index is 650. The number of hydrogen-bond acceptors (Lipinski definition) is 4. The molecule has 0 saturated heterocycles. The molecule has 0 atom stereocenters. The molecule has 0 fully saturated rings. The Morgan fingerprint density at radius 1 is 1.24 bits per heavy atom. The summed E-state index contributed by atoms with van der Waals surface area (Å²) in [7, 11) is 1.60. The van der Waals surface area contributed by atoms with E-state index in [4.69, 9.17) is 9.47 Å². The normalized spacial score (nSPS) is 10.2. The number of hydrogen-bond donors (Lipinski definition) is 1. The van der Waals surface area contributed by atoms with E-state index in [9.17, 15) is 9.90 Å². The van der Waals surface area contributed by atoms with Gasteiger partial charge in [-0.3, -0.25) is 4.98 Å². The van der Waals surface area contributed by atoms with Gasteiger partial charge in [0.1, 0.15) is 23.7 Å². The van der Waals surface area contributed by atoms with Crippen molar-refractivity contribution >= 4 is 5.97 Å². The summed E-state index contributed by atoms with van der Waals surface area (Å²) in [6.45, 7) is 3.75. The lowest BCUT2D eigenvalue weighted by molar-refractivity contribution is 0.0690. The van der Waals surface area contributed by atoms with Crippen LogP contribution >= 0.6 is 0 Å². The van der Waals surface area contributed by atoms with E-state index < -0.39 is 5.97 Å². The predicted octanol–water partition coefficient (Wildman–Crippen LogP) is 2.98. The summed E-state index contributed by atoms with van der Waals surface area (Å²) in [5.74, 6) is 0.0635.